The Balaban J connectivity index is 0.000000318. The van der Waals surface area contributed by atoms with Crippen LogP contribution < -0.4 is 4.90 Å². The highest BCUT2D eigenvalue weighted by molar-refractivity contribution is 7.09. The Morgan fingerprint density at radius 1 is 1.27 bits per heavy atom. The number of aliphatic carboxylic acids is 1. The van der Waals surface area contributed by atoms with Gasteiger partial charge in [0.1, 0.15) is 0 Å². The molecule has 1 N–H and O–H groups in total. The number of amides is 1. The van der Waals surface area contributed by atoms with Crippen molar-refractivity contribution in [1.82, 2.24) is 9.88 Å². The number of carbonyl (C=O) groups is 2. The maximum absolute atomic E-state index is 12.9. The molecule has 30 heavy (non-hydrogen) atoms. The fraction of sp³-hybridized carbons (Fsp3) is 0.450. The van der Waals surface area contributed by atoms with Gasteiger partial charge in [0, 0.05) is 24.7 Å². The summed E-state index contributed by atoms with van der Waals surface area (Å²) < 4.78 is 31.7. The van der Waals surface area contributed by atoms with E-state index in [-0.39, 0.29) is 11.3 Å². The lowest BCUT2D eigenvalue weighted by atomic mass is 9.73. The highest BCUT2D eigenvalue weighted by atomic mass is 32.1. The van der Waals surface area contributed by atoms with E-state index in [2.05, 4.69) is 33.5 Å². The smallest absolute Gasteiger partial charge is 0.475 e. The largest absolute Gasteiger partial charge is 0.490 e. The molecular weight excluding hydrogens is 419 g/mol. The van der Waals surface area contributed by atoms with Crippen LogP contribution >= 0.6 is 11.3 Å². The van der Waals surface area contributed by atoms with Gasteiger partial charge in [-0.3, -0.25) is 9.69 Å². The summed E-state index contributed by atoms with van der Waals surface area (Å²) in [6.45, 7) is 4.84. The Hall–Kier alpha value is -2.46. The van der Waals surface area contributed by atoms with Gasteiger partial charge in [0.2, 0.25) is 5.91 Å². The highest BCUT2D eigenvalue weighted by Gasteiger charge is 2.50. The van der Waals surface area contributed by atoms with Crippen molar-refractivity contribution in [3.05, 3.63) is 45.9 Å². The molecule has 6 nitrogen and oxygen atoms in total. The van der Waals surface area contributed by atoms with E-state index >= 15 is 0 Å². The zero-order chi connectivity index (χ0) is 22.1. The first-order valence-corrected chi connectivity index (χ1v) is 10.2. The van der Waals surface area contributed by atoms with Crippen LogP contribution in [0.15, 0.2) is 29.6 Å². The molecule has 1 spiro atoms. The van der Waals surface area contributed by atoms with Gasteiger partial charge in [-0.2, -0.15) is 13.2 Å². The molecule has 0 radical (unpaired) electrons. The number of likely N-dealkylation sites (N-methyl/N-ethyl adjacent to an activating group) is 1. The van der Waals surface area contributed by atoms with Crippen LogP contribution in [-0.2, 0) is 21.5 Å². The average Bonchev–Trinajstić information content (AvgIpc) is 3.19. The van der Waals surface area contributed by atoms with Gasteiger partial charge in [0.15, 0.2) is 0 Å². The first-order valence-electron chi connectivity index (χ1n) is 9.36. The second-order valence-corrected chi connectivity index (χ2v) is 8.46. The number of likely N-dealkylation sites (tertiary alicyclic amines) is 1. The molecule has 1 aromatic heterocycles. The number of fused-ring (bicyclic) bond motifs is 2. The van der Waals surface area contributed by atoms with Crippen molar-refractivity contribution in [3.8, 4) is 0 Å². The Labute approximate surface area is 175 Å². The van der Waals surface area contributed by atoms with E-state index < -0.39 is 12.1 Å². The van der Waals surface area contributed by atoms with E-state index in [4.69, 9.17) is 9.90 Å². The molecule has 0 atom stereocenters. The zero-order valence-electron chi connectivity index (χ0n) is 16.6. The van der Waals surface area contributed by atoms with E-state index in [0.29, 0.717) is 0 Å². The molecular formula is C20H22F3N3O3S. The number of hydrogen-bond acceptors (Lipinski definition) is 5. The van der Waals surface area contributed by atoms with Crippen LogP contribution in [0.25, 0.3) is 0 Å². The fourth-order valence-electron chi connectivity index (χ4n) is 4.00. The highest BCUT2D eigenvalue weighted by Crippen LogP contribution is 2.47. The van der Waals surface area contributed by atoms with Gasteiger partial charge in [-0.15, -0.1) is 11.3 Å². The van der Waals surface area contributed by atoms with Gasteiger partial charge in [0.25, 0.3) is 0 Å². The van der Waals surface area contributed by atoms with Gasteiger partial charge in [-0.25, -0.2) is 9.78 Å². The summed E-state index contributed by atoms with van der Waals surface area (Å²) in [6, 6.07) is 8.27. The summed E-state index contributed by atoms with van der Waals surface area (Å²) in [5.41, 5.74) is 3.15. The third kappa shape index (κ3) is 4.34. The SMILES string of the molecule is Cc1nc(CN2CCC3(CC2)C(=O)N(C)c2ccccc23)cs1.O=C(O)C(F)(F)F. The Kier molecular flexibility index (Phi) is 6.19. The minimum absolute atomic E-state index is 0.267. The number of hydrogen-bond donors (Lipinski definition) is 1. The van der Waals surface area contributed by atoms with Crippen LogP contribution in [0.5, 0.6) is 0 Å². The van der Waals surface area contributed by atoms with Crippen LogP contribution in [0.2, 0.25) is 0 Å². The third-order valence-corrected chi connectivity index (χ3v) is 6.32. The number of thiazole rings is 1. The van der Waals surface area contributed by atoms with Crippen LogP contribution in [0, 0.1) is 6.92 Å². The van der Waals surface area contributed by atoms with Crippen LogP contribution in [-0.4, -0.2) is 53.2 Å². The number of nitrogens with zero attached hydrogens (tertiary/aromatic N) is 3. The van der Waals surface area contributed by atoms with E-state index in [9.17, 15) is 18.0 Å². The van der Waals surface area contributed by atoms with Gasteiger partial charge >= 0.3 is 12.1 Å². The van der Waals surface area contributed by atoms with E-state index in [0.717, 1.165) is 48.9 Å². The lowest BCUT2D eigenvalue weighted by Crippen LogP contribution is -2.47. The molecule has 10 heteroatoms. The van der Waals surface area contributed by atoms with Gasteiger partial charge < -0.3 is 10.0 Å². The second-order valence-electron chi connectivity index (χ2n) is 7.40. The minimum Gasteiger partial charge on any atom is -0.475 e. The predicted molar refractivity (Wildman–Crippen MR) is 107 cm³/mol. The number of carboxylic acid groups (broad SMARTS) is 1. The number of aryl methyl sites for hydroxylation is 1. The van der Waals surface area contributed by atoms with Gasteiger partial charge in [-0.05, 0) is 44.5 Å². The number of alkyl halides is 3. The topological polar surface area (TPSA) is 73.7 Å². The van der Waals surface area contributed by atoms with E-state index in [1.165, 1.54) is 5.56 Å². The average molecular weight is 441 g/mol. The summed E-state index contributed by atoms with van der Waals surface area (Å²) in [7, 11) is 1.90. The van der Waals surface area contributed by atoms with Crippen molar-refractivity contribution in [1.29, 1.82) is 0 Å². The minimum atomic E-state index is -5.08. The molecule has 3 heterocycles. The van der Waals surface area contributed by atoms with E-state index in [1.54, 1.807) is 11.3 Å². The molecule has 0 saturated carbocycles. The van der Waals surface area contributed by atoms with Crippen molar-refractivity contribution in [2.45, 2.75) is 37.9 Å². The number of aromatic nitrogens is 1. The van der Waals surface area contributed by atoms with Crippen molar-refractivity contribution in [2.75, 3.05) is 25.0 Å². The maximum Gasteiger partial charge on any atom is 0.490 e. The lowest BCUT2D eigenvalue weighted by molar-refractivity contribution is -0.192. The molecule has 2 aliphatic heterocycles. The summed E-state index contributed by atoms with van der Waals surface area (Å²) in [4.78, 5) is 30.6. The molecule has 1 fully saturated rings. The number of carbonyl (C=O) groups excluding carboxylic acids is 1. The number of anilines is 1. The number of carboxylic acids is 1. The van der Waals surface area contributed by atoms with Gasteiger partial charge in [0.05, 0.1) is 16.1 Å². The summed E-state index contributed by atoms with van der Waals surface area (Å²) in [5.74, 6) is -2.49. The summed E-state index contributed by atoms with van der Waals surface area (Å²) in [5, 5.41) is 10.4. The quantitative estimate of drug-likeness (QED) is 0.771. The monoisotopic (exact) mass is 441 g/mol. The lowest BCUT2D eigenvalue weighted by Gasteiger charge is -2.38. The first kappa shape index (κ1) is 22.2. The van der Waals surface area contributed by atoms with E-state index in [1.807, 2.05) is 24.9 Å². The Morgan fingerprint density at radius 2 is 1.87 bits per heavy atom. The number of rotatable bonds is 2. The number of para-hydroxylation sites is 1. The van der Waals surface area contributed by atoms with Crippen molar-refractivity contribution in [3.63, 3.8) is 0 Å². The normalized spacial score (nSPS) is 18.2. The summed E-state index contributed by atoms with van der Waals surface area (Å²) in [6.07, 6.45) is -3.29. The number of piperidine rings is 1. The molecule has 1 aromatic carbocycles. The van der Waals surface area contributed by atoms with Crippen LogP contribution in [0.4, 0.5) is 18.9 Å². The number of halogens is 3. The van der Waals surface area contributed by atoms with Gasteiger partial charge in [-0.1, -0.05) is 18.2 Å². The molecule has 162 valence electrons. The molecule has 1 amide bonds. The maximum atomic E-state index is 12.9. The molecule has 0 bridgehead atoms. The molecule has 2 aromatic rings. The molecule has 0 aliphatic carbocycles. The fourth-order valence-corrected chi connectivity index (χ4v) is 4.61. The Morgan fingerprint density at radius 3 is 2.40 bits per heavy atom. The van der Waals surface area contributed by atoms with Crippen LogP contribution in [0.1, 0.15) is 29.1 Å². The van der Waals surface area contributed by atoms with Crippen molar-refractivity contribution < 1.29 is 27.9 Å². The third-order valence-electron chi connectivity index (χ3n) is 5.50. The molecule has 2 aliphatic rings. The standard InChI is InChI=1S/C18H21N3OS.C2HF3O2/c1-13-19-14(12-23-13)11-21-9-7-18(8-10-21)15-5-3-4-6-16(15)20(2)17(18)22;3-2(4,5)1(6)7/h3-6,12H,7-11H2,1-2H3;(H,6,7). The first-order chi connectivity index (χ1) is 14.0. The van der Waals surface area contributed by atoms with Crippen molar-refractivity contribution >= 4 is 28.9 Å². The Bertz CT molecular complexity index is 937. The molecule has 4 rings (SSSR count). The zero-order valence-corrected chi connectivity index (χ0v) is 17.4. The van der Waals surface area contributed by atoms with Crippen LogP contribution in [0.3, 0.4) is 0 Å². The molecule has 0 unspecified atom stereocenters. The number of benzene rings is 1. The second kappa shape index (κ2) is 8.35. The van der Waals surface area contributed by atoms with Crippen molar-refractivity contribution in [2.24, 2.45) is 0 Å². The summed E-state index contributed by atoms with van der Waals surface area (Å²) >= 11 is 1.70. The predicted octanol–water partition coefficient (Wildman–Crippen LogP) is 3.60. The molecule has 1 saturated heterocycles.